The average Bonchev–Trinajstić information content (AvgIpc) is 3.04. The molecule has 0 amide bonds. The molecule has 10 nitrogen and oxygen atoms in total. The van der Waals surface area contributed by atoms with Crippen LogP contribution in [0.3, 0.4) is 0 Å². The third-order valence-electron chi connectivity index (χ3n) is 10.7. The minimum absolute atomic E-state index is 0.0511. The first-order valence-electron chi connectivity index (χ1n) is 17.6. The van der Waals surface area contributed by atoms with Gasteiger partial charge in [0.05, 0.1) is 19.8 Å². The van der Waals surface area contributed by atoms with Gasteiger partial charge in [-0.1, -0.05) is 102 Å². The van der Waals surface area contributed by atoms with E-state index in [0.29, 0.717) is 0 Å². The number of aliphatic hydroxyl groups excluding tert-OH is 4. The predicted octanol–water partition coefficient (Wildman–Crippen LogP) is 5.69. The fourth-order valence-electron chi connectivity index (χ4n) is 5.22. The number of ether oxygens (including phenoxy) is 4. The maximum Gasteiger partial charge on any atom is 0.192 e. The van der Waals surface area contributed by atoms with E-state index in [1.807, 2.05) is 60.7 Å². The molecule has 2 aromatic rings. The Bertz CT molecular complexity index is 1320. The van der Waals surface area contributed by atoms with Crippen LogP contribution in [0.5, 0.6) is 0 Å². The summed E-state index contributed by atoms with van der Waals surface area (Å²) in [5, 5.41) is 46.0. The first-order chi connectivity index (χ1) is 23.2. The Hall–Kier alpha value is -1.18. The van der Waals surface area contributed by atoms with E-state index in [9.17, 15) is 20.4 Å². The molecule has 0 unspecified atom stereocenters. The largest absolute Gasteiger partial charge is 0.414 e. The lowest BCUT2D eigenvalue weighted by molar-refractivity contribution is -0.342. The van der Waals surface area contributed by atoms with E-state index in [-0.39, 0.29) is 29.9 Å². The topological polar surface area (TPSA) is 136 Å². The van der Waals surface area contributed by atoms with Crippen molar-refractivity contribution in [3.8, 4) is 0 Å². The van der Waals surface area contributed by atoms with E-state index in [4.69, 9.17) is 27.8 Å². The highest BCUT2D eigenvalue weighted by Crippen LogP contribution is 2.40. The smallest absolute Gasteiger partial charge is 0.192 e. The highest BCUT2D eigenvalue weighted by Gasteiger charge is 2.52. The number of hydrogen-bond donors (Lipinski definition) is 4. The molecule has 0 aliphatic carbocycles. The molecule has 4 rings (SSSR count). The van der Waals surface area contributed by atoms with Crippen LogP contribution in [0.4, 0.5) is 0 Å². The first-order valence-corrected chi connectivity index (χ1v) is 24.3. The van der Waals surface area contributed by atoms with Gasteiger partial charge < -0.3 is 48.2 Å². The van der Waals surface area contributed by atoms with Crippen molar-refractivity contribution in [2.45, 2.75) is 150 Å². The second-order valence-electron chi connectivity index (χ2n) is 16.5. The number of rotatable bonds is 13. The van der Waals surface area contributed by atoms with E-state index < -0.39 is 77.2 Å². The normalized spacial score (nSPS) is 31.5. The Balaban J connectivity index is 1.61. The van der Waals surface area contributed by atoms with Gasteiger partial charge in [0.2, 0.25) is 0 Å². The van der Waals surface area contributed by atoms with Crippen molar-refractivity contribution in [3.05, 3.63) is 66.2 Å². The minimum atomic E-state index is -2.27. The van der Waals surface area contributed by atoms with Gasteiger partial charge in [-0.3, -0.25) is 0 Å². The number of thioether (sulfide) groups is 1. The molecule has 4 N–H and O–H groups in total. The van der Waals surface area contributed by atoms with Crippen molar-refractivity contribution in [1.82, 2.24) is 0 Å². The molecular weight excluding hydrogens is 693 g/mol. The monoisotopic (exact) mass is 752 g/mol. The third kappa shape index (κ3) is 10.3. The number of benzene rings is 2. The van der Waals surface area contributed by atoms with Crippen molar-refractivity contribution in [2.24, 2.45) is 0 Å². The van der Waals surface area contributed by atoms with Crippen LogP contribution in [-0.4, -0.2) is 111 Å². The van der Waals surface area contributed by atoms with E-state index in [0.717, 1.165) is 10.5 Å². The molecule has 0 bridgehead atoms. The maximum absolute atomic E-state index is 11.7. The van der Waals surface area contributed by atoms with E-state index in [1.54, 1.807) is 0 Å². The lowest BCUT2D eigenvalue weighted by Crippen LogP contribution is -2.65. The van der Waals surface area contributed by atoms with Crippen molar-refractivity contribution >= 4 is 28.4 Å². The molecule has 2 heterocycles. The van der Waals surface area contributed by atoms with Crippen LogP contribution in [0.1, 0.15) is 47.1 Å². The van der Waals surface area contributed by atoms with Gasteiger partial charge in [-0.05, 0) is 54.0 Å². The zero-order valence-corrected chi connectivity index (χ0v) is 34.1. The van der Waals surface area contributed by atoms with E-state index in [1.165, 1.54) is 11.8 Å². The zero-order chi connectivity index (χ0) is 37.1. The van der Waals surface area contributed by atoms with Crippen LogP contribution in [0.15, 0.2) is 65.6 Å². The second-order valence-corrected chi connectivity index (χ2v) is 27.3. The van der Waals surface area contributed by atoms with E-state index in [2.05, 4.69) is 67.7 Å². The van der Waals surface area contributed by atoms with Gasteiger partial charge in [-0.2, -0.15) is 0 Å². The summed E-state index contributed by atoms with van der Waals surface area (Å²) in [5.41, 5.74) is 0.0564. The zero-order valence-electron chi connectivity index (χ0n) is 31.3. The van der Waals surface area contributed by atoms with Crippen LogP contribution in [0.2, 0.25) is 36.3 Å². The summed E-state index contributed by atoms with van der Waals surface area (Å²) >= 11 is 1.31. The molecule has 2 aromatic carbocycles. The van der Waals surface area contributed by atoms with Gasteiger partial charge in [0.15, 0.2) is 22.9 Å². The molecule has 0 aromatic heterocycles. The van der Waals surface area contributed by atoms with Gasteiger partial charge in [0.25, 0.3) is 0 Å². The molecule has 0 spiro atoms. The summed E-state index contributed by atoms with van der Waals surface area (Å²) < 4.78 is 38.3. The van der Waals surface area contributed by atoms with Gasteiger partial charge >= 0.3 is 0 Å². The molecule has 10 atom stereocenters. The second kappa shape index (κ2) is 16.9. The highest BCUT2D eigenvalue weighted by molar-refractivity contribution is 7.99. The van der Waals surface area contributed by atoms with Gasteiger partial charge in [-0.25, -0.2) is 0 Å². The lowest BCUT2D eigenvalue weighted by atomic mass is 9.97. The van der Waals surface area contributed by atoms with Gasteiger partial charge in [0.1, 0.15) is 54.3 Å². The van der Waals surface area contributed by atoms with Crippen LogP contribution >= 0.6 is 11.8 Å². The first kappa shape index (κ1) is 41.6. The lowest BCUT2D eigenvalue weighted by Gasteiger charge is -2.48. The van der Waals surface area contributed by atoms with Gasteiger partial charge in [-0.15, -0.1) is 0 Å². The molecule has 282 valence electrons. The minimum Gasteiger partial charge on any atom is -0.414 e. The number of aliphatic hydroxyl groups is 4. The summed E-state index contributed by atoms with van der Waals surface area (Å²) in [4.78, 5) is 0.871. The van der Waals surface area contributed by atoms with Crippen LogP contribution < -0.4 is 0 Å². The Kier molecular flexibility index (Phi) is 14.0. The van der Waals surface area contributed by atoms with Crippen molar-refractivity contribution in [1.29, 1.82) is 0 Å². The molecule has 13 heteroatoms. The van der Waals surface area contributed by atoms with Crippen LogP contribution in [0.25, 0.3) is 0 Å². The quantitative estimate of drug-likeness (QED) is 0.188. The molecule has 2 fully saturated rings. The Morgan fingerprint density at radius 3 is 1.70 bits per heavy atom. The Morgan fingerprint density at radius 2 is 1.16 bits per heavy atom. The summed E-state index contributed by atoms with van der Waals surface area (Å²) in [5.74, 6) is 0. The highest BCUT2D eigenvalue weighted by atomic mass is 32.2. The molecule has 0 radical (unpaired) electrons. The molecular formula is C37H60O10SSi2. The Labute approximate surface area is 305 Å². The fourth-order valence-corrected chi connectivity index (χ4v) is 8.33. The SMILES string of the molecule is CC(C)(C)[Si](C)(C)OC[C@H]1O[C@@H](O[C@H]2[C@H](O)[C@@H](O)[C@H](Sc3ccccc3)O[C@@H]2CO[Si](C)(C)C(C)(C)C)[C@H](O)[C@@H](OCc2ccccc2)[C@H]1O. The molecule has 2 saturated heterocycles. The van der Waals surface area contributed by atoms with Crippen molar-refractivity contribution in [2.75, 3.05) is 13.2 Å². The fraction of sp³-hybridized carbons (Fsp3) is 0.676. The molecule has 0 saturated carbocycles. The Morgan fingerprint density at radius 1 is 0.640 bits per heavy atom. The van der Waals surface area contributed by atoms with Crippen LogP contribution in [-0.2, 0) is 34.4 Å². The summed E-state index contributed by atoms with van der Waals surface area (Å²) in [7, 11) is -4.52. The van der Waals surface area contributed by atoms with E-state index >= 15 is 0 Å². The van der Waals surface area contributed by atoms with Crippen molar-refractivity contribution < 1.29 is 48.2 Å². The predicted molar refractivity (Wildman–Crippen MR) is 200 cm³/mol. The van der Waals surface area contributed by atoms with Crippen molar-refractivity contribution in [3.63, 3.8) is 0 Å². The summed E-state index contributed by atoms with van der Waals surface area (Å²) in [6.45, 7) is 21.6. The average molecular weight is 753 g/mol. The molecule has 2 aliphatic rings. The summed E-state index contributed by atoms with van der Waals surface area (Å²) in [6.07, 6.45) is -10.7. The summed E-state index contributed by atoms with van der Waals surface area (Å²) in [6, 6.07) is 19.0. The maximum atomic E-state index is 11.7. The van der Waals surface area contributed by atoms with Crippen LogP contribution in [0, 0.1) is 0 Å². The molecule has 2 aliphatic heterocycles. The molecule has 50 heavy (non-hydrogen) atoms. The standard InChI is InChI=1S/C37H60O10SSi2/c1-36(2,3)49(7,8)43-22-26-28(38)33(42-21-24-17-13-11-14-18-24)31(41)34(45-26)47-32-27(23-44-50(9,10)37(4,5)6)46-35(30(40)29(32)39)48-25-19-15-12-16-20-25/h11-20,26-35,38-41H,21-23H2,1-10H3/t26-,27-,28+,29-,30-,31-,32-,33+,34+,35+/m1/s1. The van der Waals surface area contributed by atoms with Gasteiger partial charge in [0, 0.05) is 4.90 Å². The third-order valence-corrected chi connectivity index (χ3v) is 20.9. The number of hydrogen-bond acceptors (Lipinski definition) is 11.